The van der Waals surface area contributed by atoms with Crippen molar-refractivity contribution < 1.29 is 0 Å². The topological polar surface area (TPSA) is 70.4 Å². The number of likely N-dealkylation sites (tertiary alicyclic amines) is 1. The molecule has 1 saturated heterocycles. The number of guanidine groups is 1. The second kappa shape index (κ2) is 16.0. The predicted molar refractivity (Wildman–Crippen MR) is 147 cm³/mol. The van der Waals surface area contributed by atoms with Gasteiger partial charge in [0.2, 0.25) is 0 Å². The van der Waals surface area contributed by atoms with Crippen LogP contribution in [0.15, 0.2) is 41.7 Å². The molecule has 0 unspecified atom stereocenters. The van der Waals surface area contributed by atoms with Crippen molar-refractivity contribution in [3.8, 4) is 0 Å². The normalized spacial score (nSPS) is 15.3. The summed E-state index contributed by atoms with van der Waals surface area (Å²) in [4.78, 5) is 7.43. The number of nitrogens with zero attached hydrogens (tertiary/aromatic N) is 5. The van der Waals surface area contributed by atoms with Gasteiger partial charge in [-0.1, -0.05) is 63.4 Å². The van der Waals surface area contributed by atoms with Crippen LogP contribution in [0.2, 0.25) is 0 Å². The molecule has 3 rings (SSSR count). The number of aliphatic imine (C=N–C) groups is 1. The highest BCUT2D eigenvalue weighted by atomic mass is 127. The van der Waals surface area contributed by atoms with Crippen LogP contribution in [0, 0.1) is 0 Å². The van der Waals surface area contributed by atoms with Gasteiger partial charge in [-0.05, 0) is 24.8 Å². The molecule has 0 spiro atoms. The summed E-state index contributed by atoms with van der Waals surface area (Å²) in [5, 5.41) is 15.5. The van der Waals surface area contributed by atoms with Crippen LogP contribution in [-0.4, -0.2) is 57.8 Å². The molecule has 0 aliphatic carbocycles. The molecular formula is C25H42IN7. The van der Waals surface area contributed by atoms with Gasteiger partial charge < -0.3 is 15.2 Å². The number of rotatable bonds is 12. The van der Waals surface area contributed by atoms with E-state index in [0.717, 1.165) is 76.7 Å². The third-order valence-electron chi connectivity index (χ3n) is 6.12. The van der Waals surface area contributed by atoms with E-state index in [1.165, 1.54) is 24.8 Å². The van der Waals surface area contributed by atoms with Gasteiger partial charge in [0.15, 0.2) is 5.96 Å². The van der Waals surface area contributed by atoms with E-state index < -0.39 is 0 Å². The first-order valence-corrected chi connectivity index (χ1v) is 12.5. The number of nitrogens with one attached hydrogen (secondary N) is 2. The number of aryl methyl sites for hydroxylation is 1. The number of hydrogen-bond acceptors (Lipinski definition) is 4. The maximum absolute atomic E-state index is 4.88. The number of aromatic nitrogens is 3. The maximum atomic E-state index is 4.88. The zero-order valence-corrected chi connectivity index (χ0v) is 22.7. The van der Waals surface area contributed by atoms with E-state index in [0.29, 0.717) is 6.04 Å². The summed E-state index contributed by atoms with van der Waals surface area (Å²) >= 11 is 0. The summed E-state index contributed by atoms with van der Waals surface area (Å²) in [7, 11) is 0. The Morgan fingerprint density at radius 2 is 1.88 bits per heavy atom. The van der Waals surface area contributed by atoms with E-state index >= 15 is 0 Å². The minimum Gasteiger partial charge on any atom is -0.355 e. The van der Waals surface area contributed by atoms with E-state index in [2.05, 4.69) is 74.5 Å². The SMILES string of the molecule is CCCCCCN=C(NCCn1cnnc1CC)NC1CCN(Cc2ccccc2)CC1.I. The van der Waals surface area contributed by atoms with Gasteiger partial charge in [0.1, 0.15) is 12.2 Å². The summed E-state index contributed by atoms with van der Waals surface area (Å²) in [6, 6.07) is 11.3. The summed E-state index contributed by atoms with van der Waals surface area (Å²) in [5.74, 6) is 1.98. The molecular weight excluding hydrogens is 525 g/mol. The molecule has 1 fully saturated rings. The quantitative estimate of drug-likeness (QED) is 0.174. The highest BCUT2D eigenvalue weighted by Gasteiger charge is 2.20. The molecule has 0 bridgehead atoms. The van der Waals surface area contributed by atoms with Crippen LogP contribution in [-0.2, 0) is 19.5 Å². The Morgan fingerprint density at radius 1 is 1.09 bits per heavy atom. The lowest BCUT2D eigenvalue weighted by Crippen LogP contribution is -2.49. The highest BCUT2D eigenvalue weighted by Crippen LogP contribution is 2.14. The second-order valence-electron chi connectivity index (χ2n) is 8.69. The Morgan fingerprint density at radius 3 is 2.61 bits per heavy atom. The fourth-order valence-corrected chi connectivity index (χ4v) is 4.19. The smallest absolute Gasteiger partial charge is 0.191 e. The predicted octanol–water partition coefficient (Wildman–Crippen LogP) is 4.24. The Balaban J connectivity index is 0.00000385. The number of benzene rings is 1. The zero-order chi connectivity index (χ0) is 22.4. The Labute approximate surface area is 216 Å². The molecule has 33 heavy (non-hydrogen) atoms. The number of unbranched alkanes of at least 4 members (excludes halogenated alkanes) is 3. The summed E-state index contributed by atoms with van der Waals surface area (Å²) in [5.41, 5.74) is 1.40. The molecule has 1 aliphatic rings. The van der Waals surface area contributed by atoms with Gasteiger partial charge in [-0.3, -0.25) is 9.89 Å². The van der Waals surface area contributed by atoms with E-state index in [1.54, 1.807) is 0 Å². The van der Waals surface area contributed by atoms with E-state index in [1.807, 2.05) is 6.33 Å². The Bertz CT molecular complexity index is 785. The Kier molecular flexibility index (Phi) is 13.4. The molecule has 184 valence electrons. The first kappa shape index (κ1) is 27.6. The van der Waals surface area contributed by atoms with Crippen LogP contribution in [0.5, 0.6) is 0 Å². The number of halogens is 1. The van der Waals surface area contributed by atoms with Gasteiger partial charge in [-0.15, -0.1) is 34.2 Å². The third kappa shape index (κ3) is 10.00. The lowest BCUT2D eigenvalue weighted by Gasteiger charge is -2.33. The van der Waals surface area contributed by atoms with E-state index in [-0.39, 0.29) is 24.0 Å². The first-order valence-electron chi connectivity index (χ1n) is 12.5. The average molecular weight is 568 g/mol. The van der Waals surface area contributed by atoms with E-state index in [9.17, 15) is 0 Å². The average Bonchev–Trinajstić information content (AvgIpc) is 3.28. The molecule has 0 atom stereocenters. The molecule has 1 aromatic carbocycles. The molecule has 8 heteroatoms. The van der Waals surface area contributed by atoms with Crippen molar-refractivity contribution in [1.82, 2.24) is 30.3 Å². The Hall–Kier alpha value is -1.68. The largest absolute Gasteiger partial charge is 0.355 e. The van der Waals surface area contributed by atoms with Crippen molar-refractivity contribution in [1.29, 1.82) is 0 Å². The molecule has 2 N–H and O–H groups in total. The van der Waals surface area contributed by atoms with Crippen molar-refractivity contribution in [3.05, 3.63) is 48.0 Å². The monoisotopic (exact) mass is 567 g/mol. The van der Waals surface area contributed by atoms with Crippen molar-refractivity contribution in [2.75, 3.05) is 26.2 Å². The second-order valence-corrected chi connectivity index (χ2v) is 8.69. The van der Waals surface area contributed by atoms with Crippen molar-refractivity contribution in [2.45, 2.75) is 77.9 Å². The van der Waals surface area contributed by atoms with Gasteiger partial charge in [-0.2, -0.15) is 0 Å². The molecule has 2 aromatic rings. The molecule has 1 aliphatic heterocycles. The van der Waals surface area contributed by atoms with E-state index in [4.69, 9.17) is 4.99 Å². The van der Waals surface area contributed by atoms with Crippen LogP contribution < -0.4 is 10.6 Å². The summed E-state index contributed by atoms with van der Waals surface area (Å²) in [6.07, 6.45) is 9.97. The molecule has 0 saturated carbocycles. The zero-order valence-electron chi connectivity index (χ0n) is 20.4. The van der Waals surface area contributed by atoms with Crippen LogP contribution in [0.4, 0.5) is 0 Å². The minimum atomic E-state index is 0. The van der Waals surface area contributed by atoms with Crippen molar-refractivity contribution in [3.63, 3.8) is 0 Å². The summed E-state index contributed by atoms with van der Waals surface area (Å²) < 4.78 is 2.12. The number of piperidine rings is 1. The van der Waals surface area contributed by atoms with Gasteiger partial charge in [0.05, 0.1) is 0 Å². The van der Waals surface area contributed by atoms with Gasteiger partial charge in [0.25, 0.3) is 0 Å². The van der Waals surface area contributed by atoms with Crippen LogP contribution in [0.1, 0.15) is 63.8 Å². The minimum absolute atomic E-state index is 0. The maximum Gasteiger partial charge on any atom is 0.191 e. The van der Waals surface area contributed by atoms with Crippen LogP contribution in [0.25, 0.3) is 0 Å². The lowest BCUT2D eigenvalue weighted by molar-refractivity contribution is 0.198. The highest BCUT2D eigenvalue weighted by molar-refractivity contribution is 14.0. The standard InChI is InChI=1S/C25H41N7.HI/c1-3-5-6-10-15-26-25(27-16-19-32-21-28-30-24(32)4-2)29-23-13-17-31(18-14-23)20-22-11-8-7-9-12-22;/h7-9,11-12,21,23H,3-6,10,13-20H2,1-2H3,(H2,26,27,29);1H. The van der Waals surface area contributed by atoms with Crippen molar-refractivity contribution >= 4 is 29.9 Å². The molecule has 0 radical (unpaired) electrons. The van der Waals surface area contributed by atoms with Crippen LogP contribution >= 0.6 is 24.0 Å². The first-order chi connectivity index (χ1) is 15.8. The molecule has 7 nitrogen and oxygen atoms in total. The lowest BCUT2D eigenvalue weighted by atomic mass is 10.0. The van der Waals surface area contributed by atoms with Crippen LogP contribution in [0.3, 0.4) is 0 Å². The molecule has 1 aromatic heterocycles. The van der Waals surface area contributed by atoms with Gasteiger partial charge in [0, 0.05) is 51.7 Å². The molecule has 0 amide bonds. The fourth-order valence-electron chi connectivity index (χ4n) is 4.19. The summed E-state index contributed by atoms with van der Waals surface area (Å²) in [6.45, 7) is 10.2. The van der Waals surface area contributed by atoms with Gasteiger partial charge in [-0.25, -0.2) is 0 Å². The van der Waals surface area contributed by atoms with Crippen molar-refractivity contribution in [2.24, 2.45) is 4.99 Å². The molecule has 2 heterocycles. The fraction of sp³-hybridized carbons (Fsp3) is 0.640. The number of hydrogen-bond donors (Lipinski definition) is 2. The third-order valence-corrected chi connectivity index (χ3v) is 6.12. The van der Waals surface area contributed by atoms with Gasteiger partial charge >= 0.3 is 0 Å².